The van der Waals surface area contributed by atoms with Gasteiger partial charge in [0.05, 0.1) is 0 Å². The fourth-order valence-electron chi connectivity index (χ4n) is 1.31. The zero-order chi connectivity index (χ0) is 14.4. The molecular formula is C10H13N3O5S. The van der Waals surface area contributed by atoms with E-state index in [0.717, 1.165) is 6.20 Å². The summed E-state index contributed by atoms with van der Waals surface area (Å²) in [7, 11) is 0. The van der Waals surface area contributed by atoms with Crippen molar-refractivity contribution in [3.05, 3.63) is 32.6 Å². The van der Waals surface area contributed by atoms with Gasteiger partial charge in [0.25, 0.3) is 11.5 Å². The van der Waals surface area contributed by atoms with Crippen molar-refractivity contribution < 1.29 is 14.7 Å². The molecule has 0 fully saturated rings. The van der Waals surface area contributed by atoms with Crippen LogP contribution >= 0.6 is 11.8 Å². The second-order valence-corrected chi connectivity index (χ2v) is 4.62. The van der Waals surface area contributed by atoms with Crippen LogP contribution in [-0.2, 0) is 4.79 Å². The highest BCUT2D eigenvalue weighted by Gasteiger charge is 2.21. The fourth-order valence-corrected chi connectivity index (χ4v) is 1.78. The second kappa shape index (κ2) is 6.78. The van der Waals surface area contributed by atoms with Crippen molar-refractivity contribution >= 4 is 23.6 Å². The molecule has 4 N–H and O–H groups in total. The van der Waals surface area contributed by atoms with E-state index in [4.69, 9.17) is 5.11 Å². The molecular weight excluding hydrogens is 274 g/mol. The quantitative estimate of drug-likeness (QED) is 0.530. The van der Waals surface area contributed by atoms with Crippen LogP contribution < -0.4 is 16.6 Å². The van der Waals surface area contributed by atoms with E-state index in [-0.39, 0.29) is 12.0 Å². The maximum atomic E-state index is 11.7. The molecule has 1 aromatic rings. The Morgan fingerprint density at radius 1 is 1.47 bits per heavy atom. The van der Waals surface area contributed by atoms with E-state index in [1.807, 2.05) is 11.2 Å². The van der Waals surface area contributed by atoms with Gasteiger partial charge in [-0.25, -0.2) is 9.59 Å². The molecule has 0 saturated carbocycles. The Morgan fingerprint density at radius 3 is 2.68 bits per heavy atom. The Kier molecular flexibility index (Phi) is 5.37. The largest absolute Gasteiger partial charge is 0.480 e. The van der Waals surface area contributed by atoms with Crippen LogP contribution in [0.15, 0.2) is 15.8 Å². The molecule has 0 aliphatic rings. The lowest BCUT2D eigenvalue weighted by molar-refractivity contribution is -0.139. The van der Waals surface area contributed by atoms with E-state index in [1.54, 1.807) is 0 Å². The lowest BCUT2D eigenvalue weighted by Crippen LogP contribution is -2.43. The third-order valence-electron chi connectivity index (χ3n) is 2.28. The lowest BCUT2D eigenvalue weighted by Gasteiger charge is -2.13. The molecule has 0 saturated heterocycles. The molecule has 0 unspecified atom stereocenters. The molecule has 1 aromatic heterocycles. The molecule has 8 nitrogen and oxygen atoms in total. The van der Waals surface area contributed by atoms with Gasteiger partial charge in [-0.15, -0.1) is 0 Å². The fraction of sp³-hybridized carbons (Fsp3) is 0.400. The van der Waals surface area contributed by atoms with Gasteiger partial charge in [-0.1, -0.05) is 0 Å². The van der Waals surface area contributed by atoms with Gasteiger partial charge in [0.2, 0.25) is 0 Å². The first-order chi connectivity index (χ1) is 8.95. The Hall–Kier alpha value is -2.03. The average molecular weight is 287 g/mol. The minimum Gasteiger partial charge on any atom is -0.480 e. The third-order valence-corrected chi connectivity index (χ3v) is 2.92. The van der Waals surface area contributed by atoms with Gasteiger partial charge < -0.3 is 15.4 Å². The van der Waals surface area contributed by atoms with Crippen LogP contribution in [0.2, 0.25) is 0 Å². The molecule has 1 amide bonds. The number of hydrogen-bond donors (Lipinski definition) is 4. The van der Waals surface area contributed by atoms with Crippen molar-refractivity contribution in [2.75, 3.05) is 12.0 Å². The molecule has 19 heavy (non-hydrogen) atoms. The number of amides is 1. The number of carbonyl (C=O) groups excluding carboxylic acids is 1. The van der Waals surface area contributed by atoms with E-state index in [9.17, 15) is 19.2 Å². The number of hydrogen-bond acceptors (Lipinski definition) is 5. The van der Waals surface area contributed by atoms with E-state index in [1.165, 1.54) is 11.8 Å². The van der Waals surface area contributed by atoms with E-state index in [2.05, 4.69) is 10.3 Å². The Morgan fingerprint density at radius 2 is 2.16 bits per heavy atom. The zero-order valence-electron chi connectivity index (χ0n) is 10.1. The molecule has 0 aliphatic carbocycles. The maximum absolute atomic E-state index is 11.7. The number of thioether (sulfide) groups is 1. The first-order valence-electron chi connectivity index (χ1n) is 5.30. The number of rotatable bonds is 6. The van der Waals surface area contributed by atoms with Crippen molar-refractivity contribution in [1.29, 1.82) is 0 Å². The van der Waals surface area contributed by atoms with Gasteiger partial charge in [-0.05, 0) is 18.4 Å². The summed E-state index contributed by atoms with van der Waals surface area (Å²) in [5, 5.41) is 11.2. The molecule has 1 atom stereocenters. The van der Waals surface area contributed by atoms with Crippen molar-refractivity contribution in [2.24, 2.45) is 0 Å². The zero-order valence-corrected chi connectivity index (χ0v) is 10.9. The summed E-state index contributed by atoms with van der Waals surface area (Å²) in [6.07, 6.45) is 3.00. The Bertz CT molecular complexity index is 579. The topological polar surface area (TPSA) is 132 Å². The minimum atomic E-state index is -1.18. The number of aromatic nitrogens is 2. The summed E-state index contributed by atoms with van der Waals surface area (Å²) in [5.41, 5.74) is -1.94. The summed E-state index contributed by atoms with van der Waals surface area (Å²) in [6.45, 7) is 0. The van der Waals surface area contributed by atoms with Gasteiger partial charge in [-0.2, -0.15) is 11.8 Å². The molecule has 0 aliphatic heterocycles. The molecule has 0 aromatic carbocycles. The lowest BCUT2D eigenvalue weighted by atomic mass is 10.2. The molecule has 1 heterocycles. The van der Waals surface area contributed by atoms with Gasteiger partial charge >= 0.3 is 11.7 Å². The predicted molar refractivity (Wildman–Crippen MR) is 69.6 cm³/mol. The summed E-state index contributed by atoms with van der Waals surface area (Å²) in [6, 6.07) is -1.08. The van der Waals surface area contributed by atoms with Gasteiger partial charge in [-0.3, -0.25) is 14.6 Å². The van der Waals surface area contributed by atoms with Crippen LogP contribution in [0.3, 0.4) is 0 Å². The van der Waals surface area contributed by atoms with Crippen LogP contribution in [0.1, 0.15) is 16.8 Å². The van der Waals surface area contributed by atoms with Crippen LogP contribution in [0.4, 0.5) is 0 Å². The van der Waals surface area contributed by atoms with Gasteiger partial charge in [0.15, 0.2) is 0 Å². The smallest absolute Gasteiger partial charge is 0.326 e. The van der Waals surface area contributed by atoms with Crippen LogP contribution in [0.25, 0.3) is 0 Å². The summed E-state index contributed by atoms with van der Waals surface area (Å²) >= 11 is 1.45. The van der Waals surface area contributed by atoms with E-state index < -0.39 is 29.2 Å². The maximum Gasteiger partial charge on any atom is 0.326 e. The van der Waals surface area contributed by atoms with Gasteiger partial charge in [0, 0.05) is 6.20 Å². The highest BCUT2D eigenvalue weighted by Crippen LogP contribution is 2.01. The molecule has 0 radical (unpaired) electrons. The van der Waals surface area contributed by atoms with E-state index >= 15 is 0 Å². The molecule has 0 bridgehead atoms. The minimum absolute atomic E-state index is 0.240. The number of carboxylic acid groups (broad SMARTS) is 1. The van der Waals surface area contributed by atoms with Gasteiger partial charge in [0.1, 0.15) is 11.6 Å². The third kappa shape index (κ3) is 4.28. The predicted octanol–water partition coefficient (Wildman–Crippen LogP) is -1.00. The molecule has 9 heteroatoms. The summed E-state index contributed by atoms with van der Waals surface area (Å²) < 4.78 is 0. The van der Waals surface area contributed by atoms with Crippen molar-refractivity contribution in [3.8, 4) is 0 Å². The highest BCUT2D eigenvalue weighted by atomic mass is 32.2. The number of carboxylic acids is 1. The number of carbonyl (C=O) groups is 2. The first kappa shape index (κ1) is 15.0. The van der Waals surface area contributed by atoms with Crippen molar-refractivity contribution in [2.45, 2.75) is 12.5 Å². The highest BCUT2D eigenvalue weighted by molar-refractivity contribution is 7.98. The Balaban J connectivity index is 2.84. The number of aliphatic carboxylic acids is 1. The Labute approximate surface area is 111 Å². The summed E-state index contributed by atoms with van der Waals surface area (Å²) in [4.78, 5) is 48.9. The van der Waals surface area contributed by atoms with E-state index in [0.29, 0.717) is 5.75 Å². The SMILES string of the molecule is CSCC[C@@H](NC(=O)c1c[nH]c(=O)[nH]c1=O)C(=O)O. The van der Waals surface area contributed by atoms with Crippen LogP contribution in [-0.4, -0.2) is 45.0 Å². The van der Waals surface area contributed by atoms with Crippen molar-refractivity contribution in [3.63, 3.8) is 0 Å². The number of aromatic amines is 2. The first-order valence-corrected chi connectivity index (χ1v) is 6.69. The molecule has 0 spiro atoms. The van der Waals surface area contributed by atoms with Crippen LogP contribution in [0.5, 0.6) is 0 Å². The average Bonchev–Trinajstić information content (AvgIpc) is 2.33. The molecule has 1 rings (SSSR count). The number of H-pyrrole nitrogens is 2. The normalized spacial score (nSPS) is 11.8. The standard InChI is InChI=1S/C10H13N3O5S/c1-19-3-2-6(9(16)17)12-7(14)5-4-11-10(18)13-8(5)15/h4,6H,2-3H2,1H3,(H,12,14)(H,16,17)(H2,11,13,15,18)/t6-/m1/s1. The number of nitrogens with one attached hydrogen (secondary N) is 3. The van der Waals surface area contributed by atoms with Crippen molar-refractivity contribution in [1.82, 2.24) is 15.3 Å². The summed E-state index contributed by atoms with van der Waals surface area (Å²) in [5.74, 6) is -1.46. The molecule has 104 valence electrons. The monoisotopic (exact) mass is 287 g/mol. The van der Waals surface area contributed by atoms with Crippen LogP contribution in [0, 0.1) is 0 Å². The second-order valence-electron chi connectivity index (χ2n) is 3.63.